The Labute approximate surface area is 87.7 Å². The van der Waals surface area contributed by atoms with E-state index < -0.39 is 17.9 Å². The fraction of sp³-hybridized carbons (Fsp3) is 0.500. The molecular weight excluding hydrogens is 198 g/mol. The van der Waals surface area contributed by atoms with Crippen LogP contribution in [-0.2, 0) is 19.1 Å². The predicted molar refractivity (Wildman–Crippen MR) is 51.7 cm³/mol. The number of methoxy groups -OCH3 is 1. The van der Waals surface area contributed by atoms with E-state index in [2.05, 4.69) is 11.3 Å². The maximum absolute atomic E-state index is 11.6. The van der Waals surface area contributed by atoms with Crippen molar-refractivity contribution in [2.24, 2.45) is 0 Å². The van der Waals surface area contributed by atoms with Crippen molar-refractivity contribution in [1.82, 2.24) is 4.90 Å². The van der Waals surface area contributed by atoms with Crippen molar-refractivity contribution in [1.29, 1.82) is 0 Å². The molecule has 0 aromatic rings. The van der Waals surface area contributed by atoms with Gasteiger partial charge in [0, 0.05) is 12.0 Å². The van der Waals surface area contributed by atoms with Crippen LogP contribution in [0.5, 0.6) is 0 Å². The van der Waals surface area contributed by atoms with E-state index in [1.165, 1.54) is 14.0 Å². The van der Waals surface area contributed by atoms with E-state index in [-0.39, 0.29) is 17.9 Å². The first-order chi connectivity index (χ1) is 6.99. The van der Waals surface area contributed by atoms with Crippen molar-refractivity contribution in [2.75, 3.05) is 7.11 Å². The first kappa shape index (κ1) is 11.4. The van der Waals surface area contributed by atoms with Crippen LogP contribution in [0, 0.1) is 0 Å². The SMILES string of the molecule is C=C(C)C(=O)N1C(=O)CC[C@H]1C(=O)OC. The zero-order chi connectivity index (χ0) is 11.6. The maximum Gasteiger partial charge on any atom is 0.329 e. The minimum Gasteiger partial charge on any atom is -0.467 e. The number of likely N-dealkylation sites (tertiary alicyclic amines) is 1. The lowest BCUT2D eigenvalue weighted by molar-refractivity contribution is -0.154. The Morgan fingerprint density at radius 3 is 2.60 bits per heavy atom. The van der Waals surface area contributed by atoms with E-state index in [1.807, 2.05) is 0 Å². The molecule has 0 radical (unpaired) electrons. The molecule has 15 heavy (non-hydrogen) atoms. The van der Waals surface area contributed by atoms with Crippen LogP contribution in [0.4, 0.5) is 0 Å². The average molecular weight is 211 g/mol. The first-order valence-corrected chi connectivity index (χ1v) is 4.58. The smallest absolute Gasteiger partial charge is 0.329 e. The minimum absolute atomic E-state index is 0.193. The van der Waals surface area contributed by atoms with Crippen LogP contribution in [0.25, 0.3) is 0 Å². The lowest BCUT2D eigenvalue weighted by Crippen LogP contribution is -2.43. The van der Waals surface area contributed by atoms with Crippen molar-refractivity contribution in [2.45, 2.75) is 25.8 Å². The molecule has 1 heterocycles. The third kappa shape index (κ3) is 2.06. The molecule has 5 heteroatoms. The summed E-state index contributed by atoms with van der Waals surface area (Å²) in [5.74, 6) is -1.42. The Kier molecular flexibility index (Phi) is 3.24. The molecular formula is C10H13NO4. The number of imide groups is 1. The Bertz CT molecular complexity index is 334. The topological polar surface area (TPSA) is 63.7 Å². The highest BCUT2D eigenvalue weighted by Crippen LogP contribution is 2.21. The summed E-state index contributed by atoms with van der Waals surface area (Å²) in [7, 11) is 1.23. The summed E-state index contributed by atoms with van der Waals surface area (Å²) >= 11 is 0. The number of amides is 2. The van der Waals surface area contributed by atoms with E-state index >= 15 is 0 Å². The highest BCUT2D eigenvalue weighted by molar-refractivity contribution is 6.07. The second kappa shape index (κ2) is 4.25. The van der Waals surface area contributed by atoms with Gasteiger partial charge in [-0.15, -0.1) is 0 Å². The van der Waals surface area contributed by atoms with Crippen LogP contribution in [0.2, 0.25) is 0 Å². The third-order valence-electron chi connectivity index (χ3n) is 2.27. The van der Waals surface area contributed by atoms with Gasteiger partial charge in [0.25, 0.3) is 5.91 Å². The molecule has 0 N–H and O–H groups in total. The van der Waals surface area contributed by atoms with Gasteiger partial charge in [0.2, 0.25) is 5.91 Å². The number of carbonyl (C=O) groups is 3. The Hall–Kier alpha value is -1.65. The molecule has 0 aromatic carbocycles. The number of ether oxygens (including phenoxy) is 1. The van der Waals surface area contributed by atoms with Crippen molar-refractivity contribution in [3.05, 3.63) is 12.2 Å². The quantitative estimate of drug-likeness (QED) is 0.485. The lowest BCUT2D eigenvalue weighted by atomic mass is 10.2. The van der Waals surface area contributed by atoms with Gasteiger partial charge in [0.1, 0.15) is 6.04 Å². The van der Waals surface area contributed by atoms with Gasteiger partial charge in [-0.25, -0.2) is 4.79 Å². The molecule has 1 fully saturated rings. The van der Waals surface area contributed by atoms with Gasteiger partial charge >= 0.3 is 5.97 Å². The van der Waals surface area contributed by atoms with Gasteiger partial charge in [0.15, 0.2) is 0 Å². The normalized spacial score (nSPS) is 20.3. The van der Waals surface area contributed by atoms with Crippen molar-refractivity contribution < 1.29 is 19.1 Å². The van der Waals surface area contributed by atoms with Crippen LogP contribution in [-0.4, -0.2) is 35.8 Å². The van der Waals surface area contributed by atoms with Crippen LogP contribution in [0.1, 0.15) is 19.8 Å². The number of rotatable bonds is 2. The molecule has 1 saturated heterocycles. The van der Waals surface area contributed by atoms with Gasteiger partial charge in [-0.05, 0) is 13.3 Å². The summed E-state index contributed by atoms with van der Waals surface area (Å²) in [6.45, 7) is 4.96. The summed E-state index contributed by atoms with van der Waals surface area (Å²) in [6, 6.07) is -0.785. The van der Waals surface area contributed by atoms with E-state index in [4.69, 9.17) is 0 Å². The molecule has 0 spiro atoms. The maximum atomic E-state index is 11.6. The monoisotopic (exact) mass is 211 g/mol. The summed E-state index contributed by atoms with van der Waals surface area (Å²) in [5, 5.41) is 0. The van der Waals surface area contributed by atoms with Crippen LogP contribution in [0.15, 0.2) is 12.2 Å². The molecule has 1 aliphatic heterocycles. The van der Waals surface area contributed by atoms with E-state index in [0.717, 1.165) is 4.90 Å². The van der Waals surface area contributed by atoms with Gasteiger partial charge in [-0.2, -0.15) is 0 Å². The van der Waals surface area contributed by atoms with Gasteiger partial charge < -0.3 is 4.74 Å². The highest BCUT2D eigenvalue weighted by Gasteiger charge is 2.40. The molecule has 2 amide bonds. The molecule has 0 bridgehead atoms. The lowest BCUT2D eigenvalue weighted by Gasteiger charge is -2.20. The van der Waals surface area contributed by atoms with E-state index in [1.54, 1.807) is 0 Å². The number of hydrogen-bond acceptors (Lipinski definition) is 4. The van der Waals surface area contributed by atoms with Gasteiger partial charge in [-0.3, -0.25) is 14.5 Å². The van der Waals surface area contributed by atoms with E-state index in [9.17, 15) is 14.4 Å². The van der Waals surface area contributed by atoms with Crippen LogP contribution in [0.3, 0.4) is 0 Å². The molecule has 0 aromatic heterocycles. The molecule has 82 valence electrons. The number of nitrogens with zero attached hydrogens (tertiary/aromatic N) is 1. The van der Waals surface area contributed by atoms with Crippen LogP contribution < -0.4 is 0 Å². The van der Waals surface area contributed by atoms with Crippen molar-refractivity contribution in [3.8, 4) is 0 Å². The molecule has 0 aliphatic carbocycles. The molecule has 1 rings (SSSR count). The fourth-order valence-electron chi connectivity index (χ4n) is 1.50. The van der Waals surface area contributed by atoms with Gasteiger partial charge in [0.05, 0.1) is 7.11 Å². The van der Waals surface area contributed by atoms with E-state index in [0.29, 0.717) is 6.42 Å². The molecule has 5 nitrogen and oxygen atoms in total. The molecule has 0 saturated carbocycles. The van der Waals surface area contributed by atoms with Crippen molar-refractivity contribution >= 4 is 17.8 Å². The van der Waals surface area contributed by atoms with Crippen molar-refractivity contribution in [3.63, 3.8) is 0 Å². The first-order valence-electron chi connectivity index (χ1n) is 4.58. The number of hydrogen-bond donors (Lipinski definition) is 0. The Morgan fingerprint density at radius 2 is 2.13 bits per heavy atom. The third-order valence-corrected chi connectivity index (χ3v) is 2.27. The van der Waals surface area contributed by atoms with Crippen LogP contribution >= 0.6 is 0 Å². The Morgan fingerprint density at radius 1 is 1.53 bits per heavy atom. The highest BCUT2D eigenvalue weighted by atomic mass is 16.5. The zero-order valence-corrected chi connectivity index (χ0v) is 8.78. The average Bonchev–Trinajstić information content (AvgIpc) is 2.57. The summed E-state index contributed by atoms with van der Waals surface area (Å²) in [6.07, 6.45) is 0.517. The Balaban J connectivity index is 2.91. The summed E-state index contributed by atoms with van der Waals surface area (Å²) in [5.41, 5.74) is 0.235. The minimum atomic E-state index is -0.785. The second-order valence-corrected chi connectivity index (χ2v) is 3.43. The standard InChI is InChI=1S/C10H13NO4/c1-6(2)9(13)11-7(10(14)15-3)4-5-8(11)12/h7H,1,4-5H2,2-3H3/t7-/m0/s1. The number of esters is 1. The number of carbonyl (C=O) groups excluding carboxylic acids is 3. The summed E-state index contributed by atoms with van der Waals surface area (Å²) < 4.78 is 4.53. The summed E-state index contributed by atoms with van der Waals surface area (Å²) in [4.78, 5) is 35.2. The molecule has 1 aliphatic rings. The fourth-order valence-corrected chi connectivity index (χ4v) is 1.50. The predicted octanol–water partition coefficient (Wildman–Crippen LogP) is 0.253. The zero-order valence-electron chi connectivity index (χ0n) is 8.78. The second-order valence-electron chi connectivity index (χ2n) is 3.43. The molecule has 1 atom stereocenters. The van der Waals surface area contributed by atoms with Gasteiger partial charge in [-0.1, -0.05) is 6.58 Å². The molecule has 0 unspecified atom stereocenters. The largest absolute Gasteiger partial charge is 0.467 e.